The summed E-state index contributed by atoms with van der Waals surface area (Å²) in [6, 6.07) is 11.0. The standard InChI is InChI=1S/C13H8BrNO2S/c14-12-7-18-13(15-12)17-11-4-2-8-1-3-10(16)5-9(8)6-11/h1-7,16H. The molecule has 0 unspecified atom stereocenters. The van der Waals surface area contributed by atoms with Gasteiger partial charge in [0, 0.05) is 5.38 Å². The van der Waals surface area contributed by atoms with Crippen molar-refractivity contribution in [2.45, 2.75) is 0 Å². The molecule has 1 heterocycles. The fraction of sp³-hybridized carbons (Fsp3) is 0. The number of phenolic OH excluding ortho intramolecular Hbond substituents is 1. The van der Waals surface area contributed by atoms with E-state index in [9.17, 15) is 5.11 Å². The fourth-order valence-corrected chi connectivity index (χ4v) is 2.77. The normalized spacial score (nSPS) is 10.7. The highest BCUT2D eigenvalue weighted by molar-refractivity contribution is 9.10. The number of ether oxygens (including phenoxy) is 1. The Hall–Kier alpha value is -1.59. The molecule has 90 valence electrons. The minimum absolute atomic E-state index is 0.247. The number of phenols is 1. The largest absolute Gasteiger partial charge is 0.508 e. The Bertz CT molecular complexity index is 711. The molecular formula is C13H8BrNO2S. The number of fused-ring (bicyclic) bond motifs is 1. The first-order valence-electron chi connectivity index (χ1n) is 5.22. The fourth-order valence-electron chi connectivity index (χ4n) is 1.66. The van der Waals surface area contributed by atoms with Gasteiger partial charge in [-0.05, 0) is 51.0 Å². The molecule has 0 aliphatic rings. The first-order valence-corrected chi connectivity index (χ1v) is 6.90. The van der Waals surface area contributed by atoms with Crippen molar-refractivity contribution in [3.05, 3.63) is 46.4 Å². The third-order valence-corrected chi connectivity index (χ3v) is 3.88. The van der Waals surface area contributed by atoms with Crippen LogP contribution >= 0.6 is 27.3 Å². The molecule has 1 aromatic heterocycles. The third-order valence-electron chi connectivity index (χ3n) is 2.46. The van der Waals surface area contributed by atoms with E-state index in [4.69, 9.17) is 4.74 Å². The number of aromatic hydroxyl groups is 1. The van der Waals surface area contributed by atoms with E-state index in [-0.39, 0.29) is 5.75 Å². The van der Waals surface area contributed by atoms with Gasteiger partial charge in [-0.2, -0.15) is 4.98 Å². The maximum Gasteiger partial charge on any atom is 0.279 e. The minimum atomic E-state index is 0.247. The summed E-state index contributed by atoms with van der Waals surface area (Å²) >= 11 is 4.70. The lowest BCUT2D eigenvalue weighted by atomic mass is 10.1. The average molecular weight is 322 g/mol. The molecule has 0 amide bonds. The molecule has 2 aromatic carbocycles. The lowest BCUT2D eigenvalue weighted by Crippen LogP contribution is -1.83. The zero-order chi connectivity index (χ0) is 12.5. The van der Waals surface area contributed by atoms with Crippen molar-refractivity contribution in [3.8, 4) is 16.7 Å². The summed E-state index contributed by atoms with van der Waals surface area (Å²) in [5, 5.41) is 13.9. The van der Waals surface area contributed by atoms with Gasteiger partial charge in [-0.3, -0.25) is 0 Å². The van der Waals surface area contributed by atoms with E-state index in [1.54, 1.807) is 12.1 Å². The van der Waals surface area contributed by atoms with Crippen LogP contribution in [0.2, 0.25) is 0 Å². The zero-order valence-electron chi connectivity index (χ0n) is 9.13. The van der Waals surface area contributed by atoms with E-state index in [0.29, 0.717) is 10.9 Å². The Kier molecular flexibility index (Phi) is 2.93. The SMILES string of the molecule is Oc1ccc2ccc(Oc3nc(Br)cs3)cc2c1. The van der Waals surface area contributed by atoms with Crippen LogP contribution in [-0.4, -0.2) is 10.1 Å². The first-order chi connectivity index (χ1) is 8.70. The summed E-state index contributed by atoms with van der Waals surface area (Å²) < 4.78 is 6.41. The molecule has 5 heteroatoms. The second-order valence-electron chi connectivity index (χ2n) is 3.73. The summed E-state index contributed by atoms with van der Waals surface area (Å²) in [7, 11) is 0. The van der Waals surface area contributed by atoms with Crippen molar-refractivity contribution in [3.63, 3.8) is 0 Å². The smallest absolute Gasteiger partial charge is 0.279 e. The molecule has 0 bridgehead atoms. The molecule has 18 heavy (non-hydrogen) atoms. The molecule has 0 saturated carbocycles. The van der Waals surface area contributed by atoms with E-state index < -0.39 is 0 Å². The maximum atomic E-state index is 9.46. The third kappa shape index (κ3) is 2.32. The van der Waals surface area contributed by atoms with Crippen LogP contribution in [0.25, 0.3) is 10.8 Å². The van der Waals surface area contributed by atoms with Gasteiger partial charge in [-0.1, -0.05) is 23.5 Å². The van der Waals surface area contributed by atoms with Gasteiger partial charge in [-0.25, -0.2) is 0 Å². The number of hydrogen-bond acceptors (Lipinski definition) is 4. The molecule has 0 radical (unpaired) electrons. The van der Waals surface area contributed by atoms with E-state index >= 15 is 0 Å². The summed E-state index contributed by atoms with van der Waals surface area (Å²) in [4.78, 5) is 4.17. The highest BCUT2D eigenvalue weighted by atomic mass is 79.9. The van der Waals surface area contributed by atoms with E-state index in [1.807, 2.05) is 29.6 Å². The van der Waals surface area contributed by atoms with Gasteiger partial charge in [0.25, 0.3) is 5.19 Å². The van der Waals surface area contributed by atoms with Crippen LogP contribution in [0.4, 0.5) is 0 Å². The van der Waals surface area contributed by atoms with Crippen LogP contribution in [-0.2, 0) is 0 Å². The number of hydrogen-bond donors (Lipinski definition) is 1. The van der Waals surface area contributed by atoms with Gasteiger partial charge < -0.3 is 9.84 Å². The van der Waals surface area contributed by atoms with Crippen molar-refractivity contribution in [2.24, 2.45) is 0 Å². The molecule has 3 aromatic rings. The predicted octanol–water partition coefficient (Wildman–Crippen LogP) is 4.56. The van der Waals surface area contributed by atoms with Crippen LogP contribution < -0.4 is 4.74 Å². The van der Waals surface area contributed by atoms with Crippen LogP contribution in [0.1, 0.15) is 0 Å². The van der Waals surface area contributed by atoms with Gasteiger partial charge in [0.1, 0.15) is 16.1 Å². The van der Waals surface area contributed by atoms with Gasteiger partial charge >= 0.3 is 0 Å². The summed E-state index contributed by atoms with van der Waals surface area (Å²) in [6.07, 6.45) is 0. The van der Waals surface area contributed by atoms with Crippen molar-refractivity contribution in [1.82, 2.24) is 4.98 Å². The van der Waals surface area contributed by atoms with Gasteiger partial charge in [0.2, 0.25) is 0 Å². The van der Waals surface area contributed by atoms with Crippen LogP contribution in [0.3, 0.4) is 0 Å². The Morgan fingerprint density at radius 2 is 1.94 bits per heavy atom. The highest BCUT2D eigenvalue weighted by Gasteiger charge is 2.04. The lowest BCUT2D eigenvalue weighted by Gasteiger charge is -2.04. The summed E-state index contributed by atoms with van der Waals surface area (Å²) in [5.74, 6) is 0.951. The minimum Gasteiger partial charge on any atom is -0.508 e. The number of nitrogens with zero attached hydrogens (tertiary/aromatic N) is 1. The molecule has 1 N–H and O–H groups in total. The molecule has 0 aliphatic carbocycles. The van der Waals surface area contributed by atoms with Crippen molar-refractivity contribution in [1.29, 1.82) is 0 Å². The van der Waals surface area contributed by atoms with Gasteiger partial charge in [0.05, 0.1) is 0 Å². The second-order valence-corrected chi connectivity index (χ2v) is 5.36. The number of thiazole rings is 1. The van der Waals surface area contributed by atoms with Crippen LogP contribution in [0.15, 0.2) is 46.4 Å². The molecule has 0 aliphatic heterocycles. The average Bonchev–Trinajstić information content (AvgIpc) is 2.74. The second kappa shape index (κ2) is 4.59. The molecule has 0 fully saturated rings. The van der Waals surface area contributed by atoms with Crippen LogP contribution in [0, 0.1) is 0 Å². The van der Waals surface area contributed by atoms with E-state index in [1.165, 1.54) is 11.3 Å². The molecular weight excluding hydrogens is 314 g/mol. The molecule has 3 nitrogen and oxygen atoms in total. The zero-order valence-corrected chi connectivity index (χ0v) is 11.5. The molecule has 0 saturated heterocycles. The predicted molar refractivity (Wildman–Crippen MR) is 75.5 cm³/mol. The Morgan fingerprint density at radius 3 is 2.72 bits per heavy atom. The number of halogens is 1. The quantitative estimate of drug-likeness (QED) is 0.752. The Labute approximate surface area is 116 Å². The highest BCUT2D eigenvalue weighted by Crippen LogP contribution is 2.30. The number of aromatic nitrogens is 1. The summed E-state index contributed by atoms with van der Waals surface area (Å²) in [6.45, 7) is 0. The van der Waals surface area contributed by atoms with E-state index in [0.717, 1.165) is 15.4 Å². The van der Waals surface area contributed by atoms with Crippen molar-refractivity contribution < 1.29 is 9.84 Å². The Balaban J connectivity index is 1.97. The van der Waals surface area contributed by atoms with Gasteiger partial charge in [-0.15, -0.1) is 0 Å². The summed E-state index contributed by atoms with van der Waals surface area (Å²) in [5.41, 5.74) is 0. The molecule has 0 atom stereocenters. The van der Waals surface area contributed by atoms with Crippen molar-refractivity contribution in [2.75, 3.05) is 0 Å². The van der Waals surface area contributed by atoms with Gasteiger partial charge in [0.15, 0.2) is 0 Å². The lowest BCUT2D eigenvalue weighted by molar-refractivity contribution is 0.475. The van der Waals surface area contributed by atoms with Crippen molar-refractivity contribution >= 4 is 38.0 Å². The number of rotatable bonds is 2. The molecule has 0 spiro atoms. The number of benzene rings is 2. The first kappa shape index (κ1) is 11.5. The maximum absolute atomic E-state index is 9.46. The molecule has 3 rings (SSSR count). The topological polar surface area (TPSA) is 42.4 Å². The van der Waals surface area contributed by atoms with Crippen LogP contribution in [0.5, 0.6) is 16.7 Å². The monoisotopic (exact) mass is 321 g/mol. The van der Waals surface area contributed by atoms with E-state index in [2.05, 4.69) is 20.9 Å². The Morgan fingerprint density at radius 1 is 1.11 bits per heavy atom.